The van der Waals surface area contributed by atoms with Crippen LogP contribution < -0.4 is 10.6 Å². The average Bonchev–Trinajstić information content (AvgIpc) is 2.35. The summed E-state index contributed by atoms with van der Waals surface area (Å²) in [6.07, 6.45) is 1.14. The van der Waals surface area contributed by atoms with Crippen LogP contribution in [0.1, 0.15) is 53.8 Å². The first-order chi connectivity index (χ1) is 8.68. The Bertz CT molecular complexity index is 419. The van der Waals surface area contributed by atoms with Crippen LogP contribution >= 0.6 is 0 Å². The fraction of sp³-hybridized carbons (Fsp3) is 0.733. The van der Waals surface area contributed by atoms with Gasteiger partial charge in [0.15, 0.2) is 0 Å². The quantitative estimate of drug-likeness (QED) is 0.852. The number of hydrogen-bond donors (Lipinski definition) is 2. The molecule has 0 saturated heterocycles. The summed E-state index contributed by atoms with van der Waals surface area (Å²) in [4.78, 5) is 9.15. The molecule has 0 radical (unpaired) electrons. The molecule has 1 aromatic heterocycles. The second-order valence-corrected chi connectivity index (χ2v) is 6.83. The molecule has 0 saturated carbocycles. The Hall–Kier alpha value is -1.32. The van der Waals surface area contributed by atoms with Gasteiger partial charge in [0.05, 0.1) is 0 Å². The van der Waals surface area contributed by atoms with Crippen LogP contribution in [0.15, 0.2) is 6.07 Å². The van der Waals surface area contributed by atoms with Crippen LogP contribution in [0.2, 0.25) is 0 Å². The summed E-state index contributed by atoms with van der Waals surface area (Å²) in [5.41, 5.74) is 0.218. The summed E-state index contributed by atoms with van der Waals surface area (Å²) < 4.78 is 0. The van der Waals surface area contributed by atoms with Crippen molar-refractivity contribution in [2.24, 2.45) is 5.41 Å². The van der Waals surface area contributed by atoms with E-state index in [1.165, 1.54) is 0 Å². The van der Waals surface area contributed by atoms with E-state index in [2.05, 4.69) is 62.1 Å². The molecule has 1 aromatic rings. The molecule has 0 atom stereocenters. The molecular formula is C15H28N4. The van der Waals surface area contributed by atoms with Gasteiger partial charge in [-0.1, -0.05) is 41.5 Å². The van der Waals surface area contributed by atoms with E-state index in [1.54, 1.807) is 0 Å². The average molecular weight is 264 g/mol. The smallest absolute Gasteiger partial charge is 0.138 e. The van der Waals surface area contributed by atoms with E-state index in [-0.39, 0.29) is 10.8 Å². The van der Waals surface area contributed by atoms with E-state index in [4.69, 9.17) is 0 Å². The van der Waals surface area contributed by atoms with Crippen molar-refractivity contribution in [1.82, 2.24) is 9.97 Å². The molecule has 0 amide bonds. The molecule has 19 heavy (non-hydrogen) atoms. The first-order valence-electron chi connectivity index (χ1n) is 6.99. The number of aromatic nitrogens is 2. The fourth-order valence-corrected chi connectivity index (χ4v) is 1.46. The van der Waals surface area contributed by atoms with Gasteiger partial charge < -0.3 is 10.6 Å². The highest BCUT2D eigenvalue weighted by molar-refractivity contribution is 5.48. The molecule has 4 nitrogen and oxygen atoms in total. The molecule has 0 unspecified atom stereocenters. The Morgan fingerprint density at radius 1 is 1.05 bits per heavy atom. The van der Waals surface area contributed by atoms with Crippen LogP contribution in [0.4, 0.5) is 11.6 Å². The normalized spacial score (nSPS) is 12.4. The van der Waals surface area contributed by atoms with E-state index in [1.807, 2.05) is 13.1 Å². The van der Waals surface area contributed by atoms with Gasteiger partial charge in [-0.25, -0.2) is 9.97 Å². The maximum atomic E-state index is 4.63. The zero-order valence-corrected chi connectivity index (χ0v) is 13.4. The van der Waals surface area contributed by atoms with Gasteiger partial charge in [-0.05, 0) is 11.8 Å². The van der Waals surface area contributed by atoms with Gasteiger partial charge in [0.2, 0.25) is 0 Å². The van der Waals surface area contributed by atoms with E-state index in [0.29, 0.717) is 0 Å². The van der Waals surface area contributed by atoms with Crippen LogP contribution in [0.3, 0.4) is 0 Å². The first kappa shape index (κ1) is 15.7. The number of nitrogens with one attached hydrogen (secondary N) is 2. The number of hydrogen-bond acceptors (Lipinski definition) is 4. The van der Waals surface area contributed by atoms with Crippen molar-refractivity contribution in [2.45, 2.75) is 53.4 Å². The topological polar surface area (TPSA) is 49.8 Å². The lowest BCUT2D eigenvalue weighted by atomic mass is 9.90. The highest BCUT2D eigenvalue weighted by Gasteiger charge is 2.20. The van der Waals surface area contributed by atoms with E-state index in [9.17, 15) is 0 Å². The van der Waals surface area contributed by atoms with Crippen molar-refractivity contribution in [3.8, 4) is 0 Å². The number of anilines is 2. The van der Waals surface area contributed by atoms with E-state index < -0.39 is 0 Å². The van der Waals surface area contributed by atoms with Gasteiger partial charge in [0, 0.05) is 25.1 Å². The molecule has 0 aliphatic heterocycles. The van der Waals surface area contributed by atoms with Crippen molar-refractivity contribution in [3.63, 3.8) is 0 Å². The van der Waals surface area contributed by atoms with Crippen molar-refractivity contribution >= 4 is 11.6 Å². The zero-order valence-electron chi connectivity index (χ0n) is 13.4. The minimum Gasteiger partial charge on any atom is -0.373 e. The van der Waals surface area contributed by atoms with Gasteiger partial charge in [0.1, 0.15) is 17.5 Å². The lowest BCUT2D eigenvalue weighted by molar-refractivity contribution is 0.376. The van der Waals surface area contributed by atoms with Crippen LogP contribution in [0.5, 0.6) is 0 Å². The SMILES string of the molecule is CCC(C)(C)CNc1cc(NC)nc(C(C)(C)C)n1. The summed E-state index contributed by atoms with van der Waals surface area (Å²) in [7, 11) is 1.88. The van der Waals surface area contributed by atoms with E-state index >= 15 is 0 Å². The fourth-order valence-electron chi connectivity index (χ4n) is 1.46. The van der Waals surface area contributed by atoms with Gasteiger partial charge in [-0.3, -0.25) is 0 Å². The standard InChI is InChI=1S/C15H28N4/c1-8-15(5,6)10-17-12-9-11(16-7)18-13(19-12)14(2,3)4/h9H,8,10H2,1-7H3,(H2,16,17,18,19). The second kappa shape index (κ2) is 5.76. The highest BCUT2D eigenvalue weighted by atomic mass is 15.1. The monoisotopic (exact) mass is 264 g/mol. The molecule has 1 rings (SSSR count). The summed E-state index contributed by atoms with van der Waals surface area (Å²) in [5.74, 6) is 2.61. The first-order valence-corrected chi connectivity index (χ1v) is 6.99. The minimum absolute atomic E-state index is 0.0520. The maximum Gasteiger partial charge on any atom is 0.138 e. The second-order valence-electron chi connectivity index (χ2n) is 6.83. The molecule has 0 aliphatic rings. The molecule has 0 aromatic carbocycles. The zero-order chi connectivity index (χ0) is 14.7. The maximum absolute atomic E-state index is 4.63. The van der Waals surface area contributed by atoms with Gasteiger partial charge in [0.25, 0.3) is 0 Å². The molecule has 0 aliphatic carbocycles. The molecule has 2 N–H and O–H groups in total. The molecule has 108 valence electrons. The Labute approximate surface area is 117 Å². The Morgan fingerprint density at radius 3 is 2.11 bits per heavy atom. The molecule has 0 bridgehead atoms. The third-order valence-electron chi connectivity index (χ3n) is 3.36. The Kier molecular flexibility index (Phi) is 4.77. The van der Waals surface area contributed by atoms with Gasteiger partial charge in [-0.15, -0.1) is 0 Å². The van der Waals surface area contributed by atoms with Crippen LogP contribution in [-0.2, 0) is 5.41 Å². The van der Waals surface area contributed by atoms with Crippen LogP contribution in [-0.4, -0.2) is 23.6 Å². The number of rotatable bonds is 5. The van der Waals surface area contributed by atoms with Crippen molar-refractivity contribution in [2.75, 3.05) is 24.2 Å². The predicted molar refractivity (Wildman–Crippen MR) is 82.8 cm³/mol. The van der Waals surface area contributed by atoms with Crippen molar-refractivity contribution < 1.29 is 0 Å². The van der Waals surface area contributed by atoms with E-state index in [0.717, 1.165) is 30.4 Å². The summed E-state index contributed by atoms with van der Waals surface area (Å²) >= 11 is 0. The molecule has 1 heterocycles. The molecule has 0 fully saturated rings. The third-order valence-corrected chi connectivity index (χ3v) is 3.36. The molecule has 0 spiro atoms. The lowest BCUT2D eigenvalue weighted by Crippen LogP contribution is -2.24. The Morgan fingerprint density at radius 2 is 1.63 bits per heavy atom. The summed E-state index contributed by atoms with van der Waals surface area (Å²) in [6.45, 7) is 14.0. The number of nitrogens with zero attached hydrogens (tertiary/aromatic N) is 2. The third kappa shape index (κ3) is 4.69. The lowest BCUT2D eigenvalue weighted by Gasteiger charge is -2.24. The summed E-state index contributed by atoms with van der Waals surface area (Å²) in [5, 5.41) is 6.53. The molecule has 4 heteroatoms. The van der Waals surface area contributed by atoms with Crippen LogP contribution in [0.25, 0.3) is 0 Å². The predicted octanol–water partition coefficient (Wildman–Crippen LogP) is 3.66. The largest absolute Gasteiger partial charge is 0.373 e. The Balaban J connectivity index is 2.95. The minimum atomic E-state index is -0.0520. The molecular weight excluding hydrogens is 236 g/mol. The summed E-state index contributed by atoms with van der Waals surface area (Å²) in [6, 6.07) is 1.96. The van der Waals surface area contributed by atoms with Gasteiger partial charge in [-0.2, -0.15) is 0 Å². The van der Waals surface area contributed by atoms with Crippen LogP contribution in [0, 0.1) is 5.41 Å². The van der Waals surface area contributed by atoms with Gasteiger partial charge >= 0.3 is 0 Å². The van der Waals surface area contributed by atoms with Crippen molar-refractivity contribution in [1.29, 1.82) is 0 Å². The van der Waals surface area contributed by atoms with Crippen molar-refractivity contribution in [3.05, 3.63) is 11.9 Å². The highest BCUT2D eigenvalue weighted by Crippen LogP contribution is 2.24.